The second-order valence-electron chi connectivity index (χ2n) is 7.09. The maximum atomic E-state index is 13.8. The number of carbonyl (C=O) groups is 1. The monoisotopic (exact) mass is 407 g/mol. The molecule has 0 aromatic heterocycles. The molecule has 0 saturated heterocycles. The number of hydrogen-bond donors (Lipinski definition) is 2. The van der Waals surface area contributed by atoms with Crippen LogP contribution in [0.3, 0.4) is 0 Å². The topological polar surface area (TPSA) is 67.8 Å². The number of nitrogens with one attached hydrogen (secondary N) is 1. The average molecular weight is 407 g/mol. The van der Waals surface area contributed by atoms with Crippen molar-refractivity contribution in [3.8, 4) is 5.75 Å². The number of hydrogen-bond acceptors (Lipinski definition) is 4. The summed E-state index contributed by atoms with van der Waals surface area (Å²) in [6.45, 7) is 5.80. The fourth-order valence-corrected chi connectivity index (χ4v) is 2.97. The molecule has 2 N–H and O–H groups in total. The highest BCUT2D eigenvalue weighted by Gasteiger charge is 2.20. The van der Waals surface area contributed by atoms with Crippen LogP contribution in [0.5, 0.6) is 5.75 Å². The van der Waals surface area contributed by atoms with Crippen LogP contribution in [0.1, 0.15) is 41.5 Å². The van der Waals surface area contributed by atoms with Crippen molar-refractivity contribution in [2.75, 3.05) is 6.61 Å². The quantitative estimate of drug-likeness (QED) is 0.345. The zero-order valence-electron chi connectivity index (χ0n) is 16.9. The van der Waals surface area contributed by atoms with Crippen LogP contribution in [-0.4, -0.2) is 23.8 Å². The Morgan fingerprint density at radius 2 is 1.76 bits per heavy atom. The standard InChI is InChI=1S/C22H27F2NO4/c1-14-10-17(7-8-19(14)23)13-28-9-5-4-6-20(22(26)25-27)29-18-11-15(2)21(24)16(3)12-18/h7-8,10-12,20,27H,4-6,9,13H2,1-3H3,(H,25,26). The van der Waals surface area contributed by atoms with Gasteiger partial charge in [-0.05, 0) is 80.5 Å². The molecule has 0 heterocycles. The third kappa shape index (κ3) is 6.80. The van der Waals surface area contributed by atoms with Crippen LogP contribution >= 0.6 is 0 Å². The number of ether oxygens (including phenoxy) is 2. The van der Waals surface area contributed by atoms with Crippen LogP contribution in [-0.2, 0) is 16.1 Å². The lowest BCUT2D eigenvalue weighted by atomic mass is 10.1. The van der Waals surface area contributed by atoms with Crippen molar-refractivity contribution < 1.29 is 28.3 Å². The molecule has 0 aliphatic carbocycles. The molecule has 0 aliphatic heterocycles. The van der Waals surface area contributed by atoms with Gasteiger partial charge in [0.15, 0.2) is 6.10 Å². The summed E-state index contributed by atoms with van der Waals surface area (Å²) in [5, 5.41) is 8.95. The van der Waals surface area contributed by atoms with Crippen molar-refractivity contribution in [1.82, 2.24) is 5.48 Å². The van der Waals surface area contributed by atoms with E-state index in [1.54, 1.807) is 38.4 Å². The van der Waals surface area contributed by atoms with Gasteiger partial charge in [-0.2, -0.15) is 0 Å². The van der Waals surface area contributed by atoms with Crippen LogP contribution in [0.25, 0.3) is 0 Å². The van der Waals surface area contributed by atoms with Crippen molar-refractivity contribution in [3.63, 3.8) is 0 Å². The molecule has 1 atom stereocenters. The molecule has 1 amide bonds. The fourth-order valence-electron chi connectivity index (χ4n) is 2.97. The van der Waals surface area contributed by atoms with Gasteiger partial charge in [-0.3, -0.25) is 10.0 Å². The van der Waals surface area contributed by atoms with Crippen LogP contribution in [0, 0.1) is 32.4 Å². The number of amides is 1. The van der Waals surface area contributed by atoms with E-state index in [0.717, 1.165) is 5.56 Å². The first-order valence-corrected chi connectivity index (χ1v) is 9.52. The molecule has 2 aromatic rings. The minimum atomic E-state index is -0.899. The highest BCUT2D eigenvalue weighted by Crippen LogP contribution is 2.22. The van der Waals surface area contributed by atoms with Crippen LogP contribution < -0.4 is 10.2 Å². The summed E-state index contributed by atoms with van der Waals surface area (Å²) in [7, 11) is 0. The maximum absolute atomic E-state index is 13.8. The molecule has 0 fully saturated rings. The molecule has 5 nitrogen and oxygen atoms in total. The van der Waals surface area contributed by atoms with Gasteiger partial charge in [0.2, 0.25) is 0 Å². The van der Waals surface area contributed by atoms with Gasteiger partial charge in [0, 0.05) is 6.61 Å². The minimum Gasteiger partial charge on any atom is -0.481 e. The Kier molecular flexibility index (Phi) is 8.54. The average Bonchev–Trinajstić information content (AvgIpc) is 2.69. The number of halogens is 2. The normalized spacial score (nSPS) is 11.9. The van der Waals surface area contributed by atoms with Gasteiger partial charge in [0.25, 0.3) is 5.91 Å². The maximum Gasteiger partial charge on any atom is 0.284 e. The Balaban J connectivity index is 1.80. The largest absolute Gasteiger partial charge is 0.481 e. The Bertz CT molecular complexity index is 819. The van der Waals surface area contributed by atoms with Crippen molar-refractivity contribution >= 4 is 5.91 Å². The Morgan fingerprint density at radius 3 is 2.38 bits per heavy atom. The molecule has 7 heteroatoms. The number of rotatable bonds is 10. The Morgan fingerprint density at radius 1 is 1.07 bits per heavy atom. The van der Waals surface area contributed by atoms with E-state index in [4.69, 9.17) is 14.7 Å². The van der Waals surface area contributed by atoms with E-state index in [1.165, 1.54) is 18.2 Å². The molecule has 0 saturated carbocycles. The summed E-state index contributed by atoms with van der Waals surface area (Å²) >= 11 is 0. The summed E-state index contributed by atoms with van der Waals surface area (Å²) in [4.78, 5) is 11.9. The summed E-state index contributed by atoms with van der Waals surface area (Å²) in [5.74, 6) is -0.840. The fraction of sp³-hybridized carbons (Fsp3) is 0.409. The van der Waals surface area contributed by atoms with Crippen molar-refractivity contribution in [2.45, 2.75) is 52.7 Å². The predicted molar refractivity (Wildman–Crippen MR) is 105 cm³/mol. The van der Waals surface area contributed by atoms with E-state index >= 15 is 0 Å². The number of carbonyl (C=O) groups excluding carboxylic acids is 1. The van der Waals surface area contributed by atoms with Crippen molar-refractivity contribution in [2.24, 2.45) is 0 Å². The van der Waals surface area contributed by atoms with Crippen molar-refractivity contribution in [3.05, 3.63) is 64.2 Å². The third-order valence-corrected chi connectivity index (χ3v) is 4.59. The molecular formula is C22H27F2NO4. The van der Waals surface area contributed by atoms with Gasteiger partial charge in [0.1, 0.15) is 17.4 Å². The molecule has 1 unspecified atom stereocenters. The van der Waals surface area contributed by atoms with Gasteiger partial charge >= 0.3 is 0 Å². The van der Waals surface area contributed by atoms with Crippen LogP contribution in [0.4, 0.5) is 8.78 Å². The molecule has 0 aliphatic rings. The van der Waals surface area contributed by atoms with E-state index in [1.807, 2.05) is 0 Å². The number of benzene rings is 2. The number of unbranched alkanes of at least 4 members (excludes halogenated alkanes) is 1. The highest BCUT2D eigenvalue weighted by molar-refractivity contribution is 5.79. The zero-order chi connectivity index (χ0) is 21.4. The van der Waals surface area contributed by atoms with Crippen molar-refractivity contribution in [1.29, 1.82) is 0 Å². The summed E-state index contributed by atoms with van der Waals surface area (Å²) in [5.41, 5.74) is 3.93. The molecule has 29 heavy (non-hydrogen) atoms. The van der Waals surface area contributed by atoms with E-state index < -0.39 is 12.0 Å². The first kappa shape index (κ1) is 22.8. The second-order valence-corrected chi connectivity index (χ2v) is 7.09. The molecule has 2 aromatic carbocycles. The molecule has 158 valence electrons. The molecule has 0 radical (unpaired) electrons. The van der Waals surface area contributed by atoms with Gasteiger partial charge in [0.05, 0.1) is 6.61 Å². The van der Waals surface area contributed by atoms with Gasteiger partial charge < -0.3 is 9.47 Å². The summed E-state index contributed by atoms with van der Waals surface area (Å²) < 4.78 is 38.3. The smallest absolute Gasteiger partial charge is 0.284 e. The lowest BCUT2D eigenvalue weighted by molar-refractivity contribution is -0.136. The molecule has 0 spiro atoms. The Hall–Kier alpha value is -2.51. The first-order chi connectivity index (χ1) is 13.8. The number of hydroxylamine groups is 1. The summed E-state index contributed by atoms with van der Waals surface area (Å²) in [6, 6.07) is 7.89. The predicted octanol–water partition coefficient (Wildman–Crippen LogP) is 4.53. The van der Waals surface area contributed by atoms with Crippen LogP contribution in [0.15, 0.2) is 30.3 Å². The summed E-state index contributed by atoms with van der Waals surface area (Å²) in [6.07, 6.45) is 0.768. The Labute approximate surface area is 169 Å². The van der Waals surface area contributed by atoms with Gasteiger partial charge in [-0.15, -0.1) is 0 Å². The molecular weight excluding hydrogens is 380 g/mol. The second kappa shape index (κ2) is 10.9. The lowest BCUT2D eigenvalue weighted by Gasteiger charge is -2.18. The third-order valence-electron chi connectivity index (χ3n) is 4.59. The zero-order valence-corrected chi connectivity index (χ0v) is 16.9. The lowest BCUT2D eigenvalue weighted by Crippen LogP contribution is -2.36. The molecule has 0 bridgehead atoms. The van der Waals surface area contributed by atoms with E-state index in [2.05, 4.69) is 0 Å². The van der Waals surface area contributed by atoms with Gasteiger partial charge in [-0.1, -0.05) is 12.1 Å². The van der Waals surface area contributed by atoms with Crippen LogP contribution in [0.2, 0.25) is 0 Å². The number of aryl methyl sites for hydroxylation is 3. The van der Waals surface area contributed by atoms with E-state index in [0.29, 0.717) is 54.9 Å². The molecule has 2 rings (SSSR count). The van der Waals surface area contributed by atoms with E-state index in [9.17, 15) is 13.6 Å². The first-order valence-electron chi connectivity index (χ1n) is 9.52. The minimum absolute atomic E-state index is 0.242. The van der Waals surface area contributed by atoms with E-state index in [-0.39, 0.29) is 11.6 Å². The van der Waals surface area contributed by atoms with Gasteiger partial charge in [-0.25, -0.2) is 14.3 Å². The highest BCUT2D eigenvalue weighted by atomic mass is 19.1. The SMILES string of the molecule is Cc1cc(COCCCCC(Oc2cc(C)c(F)c(C)c2)C(=O)NO)ccc1F.